The lowest BCUT2D eigenvalue weighted by molar-refractivity contribution is -0.116. The second kappa shape index (κ2) is 11.2. The Bertz CT molecular complexity index is 684. The highest BCUT2D eigenvalue weighted by Gasteiger charge is 2.03. The SMILES string of the molecule is CCNC(=NCCCC(=O)Nc1ccc(Cl)cc1)NCCc1ccco1. The topological polar surface area (TPSA) is 78.7 Å². The van der Waals surface area contributed by atoms with Gasteiger partial charge in [0.2, 0.25) is 5.91 Å². The molecule has 0 unspecified atom stereocenters. The molecule has 2 aromatic rings. The number of guanidine groups is 1. The average Bonchev–Trinajstić information content (AvgIpc) is 3.14. The predicted molar refractivity (Wildman–Crippen MR) is 106 cm³/mol. The van der Waals surface area contributed by atoms with Gasteiger partial charge in [-0.25, -0.2) is 0 Å². The summed E-state index contributed by atoms with van der Waals surface area (Å²) in [6, 6.07) is 10.9. The predicted octanol–water partition coefficient (Wildman–Crippen LogP) is 3.45. The number of carbonyl (C=O) groups excluding carboxylic acids is 1. The van der Waals surface area contributed by atoms with Crippen LogP contribution in [0.3, 0.4) is 0 Å². The molecule has 7 heteroatoms. The maximum Gasteiger partial charge on any atom is 0.224 e. The lowest BCUT2D eigenvalue weighted by Crippen LogP contribution is -2.38. The molecule has 1 aromatic heterocycles. The van der Waals surface area contributed by atoms with Crippen molar-refractivity contribution in [3.63, 3.8) is 0 Å². The zero-order valence-electron chi connectivity index (χ0n) is 14.9. The van der Waals surface area contributed by atoms with Gasteiger partial charge in [-0.1, -0.05) is 11.6 Å². The van der Waals surface area contributed by atoms with E-state index in [0.717, 1.165) is 36.9 Å². The minimum absolute atomic E-state index is 0.0294. The second-order valence-corrected chi connectivity index (χ2v) is 6.11. The molecule has 0 aliphatic heterocycles. The van der Waals surface area contributed by atoms with E-state index in [4.69, 9.17) is 16.0 Å². The number of anilines is 1. The molecule has 0 spiro atoms. The molecule has 0 fully saturated rings. The third kappa shape index (κ3) is 7.61. The number of rotatable bonds is 9. The first kappa shape index (κ1) is 19.8. The molecule has 0 bridgehead atoms. The number of hydrogen-bond acceptors (Lipinski definition) is 3. The molecule has 0 atom stereocenters. The first-order valence-electron chi connectivity index (χ1n) is 8.77. The standard InChI is InChI=1S/C19H25ClN4O2/c1-2-21-19(23-13-11-17-5-4-14-26-17)22-12-3-6-18(25)24-16-9-7-15(20)8-10-16/h4-5,7-10,14H,2-3,6,11-13H2,1H3,(H,24,25)(H2,21,22,23). The minimum atomic E-state index is -0.0294. The van der Waals surface area contributed by atoms with Gasteiger partial charge in [-0.3, -0.25) is 9.79 Å². The molecule has 0 aliphatic carbocycles. The highest BCUT2D eigenvalue weighted by Crippen LogP contribution is 2.13. The van der Waals surface area contributed by atoms with Crippen LogP contribution >= 0.6 is 11.6 Å². The monoisotopic (exact) mass is 376 g/mol. The second-order valence-electron chi connectivity index (χ2n) is 5.68. The highest BCUT2D eigenvalue weighted by atomic mass is 35.5. The zero-order chi connectivity index (χ0) is 18.6. The van der Waals surface area contributed by atoms with E-state index in [1.54, 1.807) is 30.5 Å². The van der Waals surface area contributed by atoms with Crippen molar-refractivity contribution in [2.75, 3.05) is 25.0 Å². The average molecular weight is 377 g/mol. The van der Waals surface area contributed by atoms with E-state index in [1.807, 2.05) is 19.1 Å². The van der Waals surface area contributed by atoms with Gasteiger partial charge in [-0.05, 0) is 49.7 Å². The Kier molecular flexibility index (Phi) is 8.55. The van der Waals surface area contributed by atoms with E-state index in [2.05, 4.69) is 20.9 Å². The summed E-state index contributed by atoms with van der Waals surface area (Å²) in [7, 11) is 0. The molecule has 0 saturated heterocycles. The van der Waals surface area contributed by atoms with Gasteiger partial charge in [-0.15, -0.1) is 0 Å². The lowest BCUT2D eigenvalue weighted by Gasteiger charge is -2.10. The highest BCUT2D eigenvalue weighted by molar-refractivity contribution is 6.30. The van der Waals surface area contributed by atoms with E-state index in [9.17, 15) is 4.79 Å². The number of halogens is 1. The van der Waals surface area contributed by atoms with E-state index >= 15 is 0 Å². The number of nitrogens with zero attached hydrogens (tertiary/aromatic N) is 1. The molecule has 0 radical (unpaired) electrons. The van der Waals surface area contributed by atoms with E-state index < -0.39 is 0 Å². The number of benzene rings is 1. The summed E-state index contributed by atoms with van der Waals surface area (Å²) in [5, 5.41) is 9.94. The molecule has 2 rings (SSSR count). The van der Waals surface area contributed by atoms with Crippen molar-refractivity contribution < 1.29 is 9.21 Å². The third-order valence-electron chi connectivity index (χ3n) is 3.55. The van der Waals surface area contributed by atoms with Crippen LogP contribution in [0, 0.1) is 0 Å². The van der Waals surface area contributed by atoms with Crippen LogP contribution in [-0.2, 0) is 11.2 Å². The molecule has 1 amide bonds. The van der Waals surface area contributed by atoms with Crippen molar-refractivity contribution in [2.45, 2.75) is 26.2 Å². The van der Waals surface area contributed by atoms with Crippen molar-refractivity contribution in [2.24, 2.45) is 4.99 Å². The fourth-order valence-corrected chi connectivity index (χ4v) is 2.41. The minimum Gasteiger partial charge on any atom is -0.469 e. The number of furan rings is 1. The molecule has 140 valence electrons. The summed E-state index contributed by atoms with van der Waals surface area (Å²) in [6.07, 6.45) is 3.55. The summed E-state index contributed by atoms with van der Waals surface area (Å²) in [5.41, 5.74) is 0.746. The van der Waals surface area contributed by atoms with Crippen molar-refractivity contribution in [3.8, 4) is 0 Å². The van der Waals surface area contributed by atoms with Crippen molar-refractivity contribution in [3.05, 3.63) is 53.4 Å². The van der Waals surface area contributed by atoms with Crippen LogP contribution in [0.1, 0.15) is 25.5 Å². The van der Waals surface area contributed by atoms with Gasteiger partial charge in [-0.2, -0.15) is 0 Å². The van der Waals surface area contributed by atoms with Crippen molar-refractivity contribution >= 4 is 29.2 Å². The number of carbonyl (C=O) groups is 1. The Morgan fingerprint density at radius 3 is 2.69 bits per heavy atom. The number of amides is 1. The van der Waals surface area contributed by atoms with Crippen LogP contribution in [0.2, 0.25) is 5.02 Å². The molecular formula is C19H25ClN4O2. The quantitative estimate of drug-likeness (QED) is 0.356. The maximum atomic E-state index is 11.9. The van der Waals surface area contributed by atoms with Crippen LogP contribution in [0.15, 0.2) is 52.1 Å². The van der Waals surface area contributed by atoms with Crippen molar-refractivity contribution in [1.29, 1.82) is 0 Å². The summed E-state index contributed by atoms with van der Waals surface area (Å²) in [6.45, 7) is 4.10. The number of hydrogen-bond donors (Lipinski definition) is 3. The summed E-state index contributed by atoms with van der Waals surface area (Å²) < 4.78 is 5.30. The van der Waals surface area contributed by atoms with Gasteiger partial charge in [0, 0.05) is 43.2 Å². The zero-order valence-corrected chi connectivity index (χ0v) is 15.7. The van der Waals surface area contributed by atoms with Crippen LogP contribution < -0.4 is 16.0 Å². The Balaban J connectivity index is 1.67. The molecule has 0 saturated carbocycles. The molecule has 1 aromatic carbocycles. The molecule has 0 aliphatic rings. The largest absolute Gasteiger partial charge is 0.469 e. The van der Waals surface area contributed by atoms with Gasteiger partial charge < -0.3 is 20.4 Å². The smallest absolute Gasteiger partial charge is 0.224 e. The Hall–Kier alpha value is -2.47. The molecular weight excluding hydrogens is 352 g/mol. The van der Waals surface area contributed by atoms with Gasteiger partial charge >= 0.3 is 0 Å². The van der Waals surface area contributed by atoms with E-state index in [-0.39, 0.29) is 5.91 Å². The first-order valence-corrected chi connectivity index (χ1v) is 9.15. The fourth-order valence-electron chi connectivity index (χ4n) is 2.29. The van der Waals surface area contributed by atoms with Crippen LogP contribution in [0.4, 0.5) is 5.69 Å². The van der Waals surface area contributed by atoms with Gasteiger partial charge in [0.1, 0.15) is 5.76 Å². The molecule has 3 N–H and O–H groups in total. The van der Waals surface area contributed by atoms with Gasteiger partial charge in [0.25, 0.3) is 0 Å². The number of nitrogens with one attached hydrogen (secondary N) is 3. The van der Waals surface area contributed by atoms with Crippen molar-refractivity contribution in [1.82, 2.24) is 10.6 Å². The van der Waals surface area contributed by atoms with Gasteiger partial charge in [0.15, 0.2) is 5.96 Å². The van der Waals surface area contributed by atoms with E-state index in [0.29, 0.717) is 24.4 Å². The Morgan fingerprint density at radius 2 is 2.00 bits per heavy atom. The molecule has 1 heterocycles. The summed E-state index contributed by atoms with van der Waals surface area (Å²) >= 11 is 5.83. The Morgan fingerprint density at radius 1 is 1.19 bits per heavy atom. The number of aliphatic imine (C=N–C) groups is 1. The van der Waals surface area contributed by atoms with E-state index in [1.165, 1.54) is 0 Å². The van der Waals surface area contributed by atoms with Crippen LogP contribution in [0.5, 0.6) is 0 Å². The van der Waals surface area contributed by atoms with Crippen LogP contribution in [0.25, 0.3) is 0 Å². The molecule has 6 nitrogen and oxygen atoms in total. The molecule has 26 heavy (non-hydrogen) atoms. The summed E-state index contributed by atoms with van der Waals surface area (Å²) in [5.74, 6) is 1.66. The third-order valence-corrected chi connectivity index (χ3v) is 3.80. The maximum absolute atomic E-state index is 11.9. The lowest BCUT2D eigenvalue weighted by atomic mass is 10.2. The summed E-state index contributed by atoms with van der Waals surface area (Å²) in [4.78, 5) is 16.4. The van der Waals surface area contributed by atoms with Crippen LogP contribution in [-0.4, -0.2) is 31.5 Å². The Labute approximate surface area is 159 Å². The normalized spacial score (nSPS) is 11.2. The van der Waals surface area contributed by atoms with Gasteiger partial charge in [0.05, 0.1) is 6.26 Å². The fraction of sp³-hybridized carbons (Fsp3) is 0.368. The first-order chi connectivity index (χ1) is 12.7.